The van der Waals surface area contributed by atoms with E-state index in [4.69, 9.17) is 4.74 Å². The minimum atomic E-state index is -3.65. The summed E-state index contributed by atoms with van der Waals surface area (Å²) >= 11 is 0. The lowest BCUT2D eigenvalue weighted by Crippen LogP contribution is -2.52. The number of benzene rings is 2. The Kier molecular flexibility index (Phi) is 6.55. The number of hydrogen-bond acceptors (Lipinski definition) is 5. The van der Waals surface area contributed by atoms with E-state index in [-0.39, 0.29) is 12.5 Å². The first-order chi connectivity index (χ1) is 14.2. The largest absolute Gasteiger partial charge is 0.495 e. The molecule has 1 amide bonds. The van der Waals surface area contributed by atoms with Gasteiger partial charge in [-0.1, -0.05) is 24.3 Å². The van der Waals surface area contributed by atoms with Gasteiger partial charge in [0, 0.05) is 31.9 Å². The molecule has 3 rings (SSSR count). The monoisotopic (exact) mass is 431 g/mol. The molecule has 2 aromatic carbocycles. The summed E-state index contributed by atoms with van der Waals surface area (Å²) in [6.07, 6.45) is 1.10. The molecule has 0 bridgehead atoms. The molecule has 30 heavy (non-hydrogen) atoms. The third kappa shape index (κ3) is 4.70. The Bertz CT molecular complexity index is 1010. The van der Waals surface area contributed by atoms with Gasteiger partial charge in [0.1, 0.15) is 12.3 Å². The van der Waals surface area contributed by atoms with Gasteiger partial charge in [-0.3, -0.25) is 9.10 Å². The van der Waals surface area contributed by atoms with Gasteiger partial charge in [0.2, 0.25) is 15.9 Å². The fourth-order valence-corrected chi connectivity index (χ4v) is 4.57. The van der Waals surface area contributed by atoms with Crippen LogP contribution in [-0.4, -0.2) is 65.3 Å². The van der Waals surface area contributed by atoms with Gasteiger partial charge < -0.3 is 14.5 Å². The number of rotatable bonds is 6. The number of carbonyl (C=O) groups excluding carboxylic acids is 1. The van der Waals surface area contributed by atoms with E-state index in [2.05, 4.69) is 30.9 Å². The maximum atomic E-state index is 13.0. The molecule has 8 heteroatoms. The van der Waals surface area contributed by atoms with Crippen LogP contribution >= 0.6 is 0 Å². The average molecular weight is 432 g/mol. The molecule has 0 unspecified atom stereocenters. The maximum Gasteiger partial charge on any atom is 0.243 e. The molecule has 1 aliphatic rings. The lowest BCUT2D eigenvalue weighted by molar-refractivity contribution is -0.129. The molecule has 7 nitrogen and oxygen atoms in total. The maximum absolute atomic E-state index is 13.0. The van der Waals surface area contributed by atoms with E-state index < -0.39 is 10.0 Å². The highest BCUT2D eigenvalue weighted by molar-refractivity contribution is 7.92. The molecule has 0 aromatic heterocycles. The smallest absolute Gasteiger partial charge is 0.243 e. The lowest BCUT2D eigenvalue weighted by Gasteiger charge is -2.37. The molecular weight excluding hydrogens is 402 g/mol. The number of ether oxygens (including phenoxy) is 1. The second-order valence-electron chi connectivity index (χ2n) is 7.53. The highest BCUT2D eigenvalue weighted by Crippen LogP contribution is 2.29. The first kappa shape index (κ1) is 22.0. The van der Waals surface area contributed by atoms with E-state index in [9.17, 15) is 13.2 Å². The Balaban J connectivity index is 1.71. The molecule has 1 saturated heterocycles. The van der Waals surface area contributed by atoms with Crippen molar-refractivity contribution in [2.24, 2.45) is 0 Å². The number of piperazine rings is 1. The summed E-state index contributed by atoms with van der Waals surface area (Å²) in [5.41, 5.74) is 4.04. The van der Waals surface area contributed by atoms with Gasteiger partial charge in [0.05, 0.1) is 19.1 Å². The number of aryl methyl sites for hydroxylation is 1. The summed E-state index contributed by atoms with van der Waals surface area (Å²) in [5, 5.41) is 0. The number of nitrogens with zero attached hydrogens (tertiary/aromatic N) is 3. The lowest BCUT2D eigenvalue weighted by atomic mass is 10.1. The molecule has 0 N–H and O–H groups in total. The fourth-order valence-electron chi connectivity index (χ4n) is 3.71. The summed E-state index contributed by atoms with van der Waals surface area (Å²) < 4.78 is 31.2. The van der Waals surface area contributed by atoms with Crippen LogP contribution in [0.15, 0.2) is 42.5 Å². The SMILES string of the molecule is COc1ccccc1N(CC(=O)N1CCN(c2cccc(C)c2C)CC1)S(C)(=O)=O. The van der Waals surface area contributed by atoms with Crippen LogP contribution in [0.5, 0.6) is 5.75 Å². The van der Waals surface area contributed by atoms with Gasteiger partial charge in [-0.15, -0.1) is 0 Å². The van der Waals surface area contributed by atoms with Crippen molar-refractivity contribution in [3.8, 4) is 5.75 Å². The summed E-state index contributed by atoms with van der Waals surface area (Å²) in [4.78, 5) is 17.0. The quantitative estimate of drug-likeness (QED) is 0.703. The molecule has 0 aliphatic carbocycles. The topological polar surface area (TPSA) is 70.2 Å². The Labute approximate surface area is 178 Å². The van der Waals surface area contributed by atoms with Crippen LogP contribution in [0.1, 0.15) is 11.1 Å². The number of anilines is 2. The molecule has 0 spiro atoms. The highest BCUT2D eigenvalue weighted by atomic mass is 32.2. The van der Waals surface area contributed by atoms with E-state index in [1.54, 1.807) is 29.2 Å². The molecular formula is C22H29N3O4S. The second kappa shape index (κ2) is 8.95. The Morgan fingerprint density at radius 2 is 1.70 bits per heavy atom. The third-order valence-electron chi connectivity index (χ3n) is 5.58. The molecule has 162 valence electrons. The second-order valence-corrected chi connectivity index (χ2v) is 9.44. The van der Waals surface area contributed by atoms with E-state index in [0.717, 1.165) is 10.6 Å². The first-order valence-electron chi connectivity index (χ1n) is 9.92. The van der Waals surface area contributed by atoms with Crippen molar-refractivity contribution in [1.29, 1.82) is 0 Å². The minimum Gasteiger partial charge on any atom is -0.495 e. The first-order valence-corrected chi connectivity index (χ1v) is 11.8. The number of carbonyl (C=O) groups is 1. The third-order valence-corrected chi connectivity index (χ3v) is 6.71. The number of sulfonamides is 1. The molecule has 0 radical (unpaired) electrons. The summed E-state index contributed by atoms with van der Waals surface area (Å²) in [5.74, 6) is 0.197. The van der Waals surface area contributed by atoms with Crippen LogP contribution < -0.4 is 13.9 Å². The van der Waals surface area contributed by atoms with Crippen molar-refractivity contribution in [2.75, 3.05) is 55.3 Å². The van der Waals surface area contributed by atoms with Crippen molar-refractivity contribution < 1.29 is 17.9 Å². The van der Waals surface area contributed by atoms with Crippen molar-refractivity contribution in [3.05, 3.63) is 53.6 Å². The standard InChI is InChI=1S/C22H29N3O4S/c1-17-8-7-10-19(18(17)2)23-12-14-24(15-13-23)22(26)16-25(30(4,27)28)20-9-5-6-11-21(20)29-3/h5-11H,12-16H2,1-4H3. The summed E-state index contributed by atoms with van der Waals surface area (Å²) in [7, 11) is -2.17. The Morgan fingerprint density at radius 3 is 2.33 bits per heavy atom. The van der Waals surface area contributed by atoms with E-state index >= 15 is 0 Å². The zero-order chi connectivity index (χ0) is 21.9. The van der Waals surface area contributed by atoms with Gasteiger partial charge in [-0.25, -0.2) is 8.42 Å². The van der Waals surface area contributed by atoms with Crippen molar-refractivity contribution in [3.63, 3.8) is 0 Å². The number of para-hydroxylation sites is 2. The molecule has 1 heterocycles. The molecule has 1 fully saturated rings. The minimum absolute atomic E-state index is 0.216. The predicted octanol–water partition coefficient (Wildman–Crippen LogP) is 2.43. The van der Waals surface area contributed by atoms with Gasteiger partial charge in [0.15, 0.2) is 0 Å². The van der Waals surface area contributed by atoms with Crippen LogP contribution in [0.4, 0.5) is 11.4 Å². The van der Waals surface area contributed by atoms with Crippen LogP contribution in [0, 0.1) is 13.8 Å². The molecule has 2 aromatic rings. The zero-order valence-electron chi connectivity index (χ0n) is 18.0. The normalized spacial score (nSPS) is 14.5. The molecule has 1 aliphatic heterocycles. The molecule has 0 atom stereocenters. The predicted molar refractivity (Wildman–Crippen MR) is 120 cm³/mol. The van der Waals surface area contributed by atoms with E-state index in [1.807, 2.05) is 6.07 Å². The highest BCUT2D eigenvalue weighted by Gasteiger charge is 2.28. The van der Waals surface area contributed by atoms with Gasteiger partial charge in [-0.2, -0.15) is 0 Å². The van der Waals surface area contributed by atoms with Gasteiger partial charge in [0.25, 0.3) is 0 Å². The fraction of sp³-hybridized carbons (Fsp3) is 0.409. The van der Waals surface area contributed by atoms with Crippen molar-refractivity contribution >= 4 is 27.3 Å². The number of amides is 1. The van der Waals surface area contributed by atoms with Crippen LogP contribution in [0.3, 0.4) is 0 Å². The van der Waals surface area contributed by atoms with Crippen LogP contribution in [0.2, 0.25) is 0 Å². The van der Waals surface area contributed by atoms with Crippen LogP contribution in [0.25, 0.3) is 0 Å². The van der Waals surface area contributed by atoms with Gasteiger partial charge in [-0.05, 0) is 43.2 Å². The summed E-state index contributed by atoms with van der Waals surface area (Å²) in [6.45, 7) is 6.48. The molecule has 0 saturated carbocycles. The number of hydrogen-bond donors (Lipinski definition) is 0. The zero-order valence-corrected chi connectivity index (χ0v) is 18.8. The van der Waals surface area contributed by atoms with E-state index in [1.165, 1.54) is 23.9 Å². The van der Waals surface area contributed by atoms with Crippen molar-refractivity contribution in [1.82, 2.24) is 4.90 Å². The average Bonchev–Trinajstić information content (AvgIpc) is 2.73. The number of methoxy groups -OCH3 is 1. The van der Waals surface area contributed by atoms with E-state index in [0.29, 0.717) is 37.6 Å². The van der Waals surface area contributed by atoms with Crippen molar-refractivity contribution in [2.45, 2.75) is 13.8 Å². The summed E-state index contributed by atoms with van der Waals surface area (Å²) in [6, 6.07) is 13.1. The van der Waals surface area contributed by atoms with Crippen LogP contribution in [-0.2, 0) is 14.8 Å². The Morgan fingerprint density at radius 1 is 1.03 bits per heavy atom. The van der Waals surface area contributed by atoms with Gasteiger partial charge >= 0.3 is 0 Å². The Hall–Kier alpha value is -2.74.